The number of carbonyl (C=O) groups is 4. The highest BCUT2D eigenvalue weighted by molar-refractivity contribution is 5.98. The average Bonchev–Trinajstić information content (AvgIpc) is 2.88. The van der Waals surface area contributed by atoms with E-state index in [4.69, 9.17) is 9.47 Å². The molecule has 2 aromatic carbocycles. The highest BCUT2D eigenvalue weighted by Crippen LogP contribution is 2.12. The second-order valence-electron chi connectivity index (χ2n) is 7.96. The number of hydrogen-bond donors (Lipinski definition) is 4. The first-order chi connectivity index (χ1) is 17.4. The number of anilines is 2. The van der Waals surface area contributed by atoms with Crippen LogP contribution in [0.3, 0.4) is 0 Å². The van der Waals surface area contributed by atoms with Gasteiger partial charge in [0.25, 0.3) is 11.8 Å². The van der Waals surface area contributed by atoms with Gasteiger partial charge in [0.15, 0.2) is 0 Å². The van der Waals surface area contributed by atoms with Crippen LogP contribution in [0.4, 0.5) is 11.4 Å². The first-order valence-corrected chi connectivity index (χ1v) is 11.8. The molecular formula is C26H34N4O6. The molecule has 4 N–H and O–H groups in total. The lowest BCUT2D eigenvalue weighted by molar-refractivity contribution is -0.121. The molecule has 10 nitrogen and oxygen atoms in total. The lowest BCUT2D eigenvalue weighted by atomic mass is 10.1. The zero-order valence-electron chi connectivity index (χ0n) is 20.7. The summed E-state index contributed by atoms with van der Waals surface area (Å²) in [5.41, 5.74) is 2.04. The summed E-state index contributed by atoms with van der Waals surface area (Å²) in [5, 5.41) is 11.0. The van der Waals surface area contributed by atoms with Crippen LogP contribution in [-0.4, -0.2) is 64.2 Å². The van der Waals surface area contributed by atoms with E-state index >= 15 is 0 Å². The molecule has 4 amide bonds. The minimum Gasteiger partial charge on any atom is -0.385 e. The molecule has 0 spiro atoms. The van der Waals surface area contributed by atoms with E-state index in [0.29, 0.717) is 48.8 Å². The molecule has 2 rings (SSSR count). The lowest BCUT2D eigenvalue weighted by Crippen LogP contribution is -2.25. The van der Waals surface area contributed by atoms with Crippen molar-refractivity contribution in [2.45, 2.75) is 25.7 Å². The molecule has 0 aliphatic rings. The van der Waals surface area contributed by atoms with Crippen molar-refractivity contribution in [3.8, 4) is 0 Å². The zero-order chi connectivity index (χ0) is 26.2. The fourth-order valence-electron chi connectivity index (χ4n) is 3.12. The van der Waals surface area contributed by atoms with Gasteiger partial charge < -0.3 is 30.7 Å². The molecule has 0 fully saturated rings. The molecule has 36 heavy (non-hydrogen) atoms. The highest BCUT2D eigenvalue weighted by atomic mass is 16.5. The van der Waals surface area contributed by atoms with E-state index in [0.717, 1.165) is 12.8 Å². The van der Waals surface area contributed by atoms with E-state index in [2.05, 4.69) is 21.3 Å². The molecule has 0 aliphatic heterocycles. The number of nitrogens with one attached hydrogen (secondary N) is 4. The van der Waals surface area contributed by atoms with Crippen LogP contribution in [0.25, 0.3) is 0 Å². The van der Waals surface area contributed by atoms with Crippen molar-refractivity contribution in [3.63, 3.8) is 0 Å². The van der Waals surface area contributed by atoms with E-state index in [1.165, 1.54) is 0 Å². The number of carbonyl (C=O) groups excluding carboxylic acids is 4. The Morgan fingerprint density at radius 3 is 1.31 bits per heavy atom. The Labute approximate surface area is 211 Å². The van der Waals surface area contributed by atoms with E-state index in [9.17, 15) is 19.2 Å². The Balaban J connectivity index is 1.71. The van der Waals surface area contributed by atoms with Gasteiger partial charge in [-0.3, -0.25) is 19.2 Å². The van der Waals surface area contributed by atoms with E-state index in [-0.39, 0.29) is 36.5 Å². The second-order valence-corrected chi connectivity index (χ2v) is 7.96. The van der Waals surface area contributed by atoms with Crippen molar-refractivity contribution in [2.24, 2.45) is 0 Å². The number of amides is 4. The third-order valence-electron chi connectivity index (χ3n) is 5.06. The monoisotopic (exact) mass is 498 g/mol. The maximum atomic E-state index is 12.2. The van der Waals surface area contributed by atoms with Gasteiger partial charge in [-0.1, -0.05) is 0 Å². The van der Waals surface area contributed by atoms with E-state index in [1.807, 2.05) is 0 Å². The summed E-state index contributed by atoms with van der Waals surface area (Å²) in [6, 6.07) is 13.0. The van der Waals surface area contributed by atoms with Crippen LogP contribution in [-0.2, 0) is 19.1 Å². The maximum absolute atomic E-state index is 12.2. The van der Waals surface area contributed by atoms with Gasteiger partial charge >= 0.3 is 0 Å². The summed E-state index contributed by atoms with van der Waals surface area (Å²) in [5.74, 6) is -1.03. The van der Waals surface area contributed by atoms with Gasteiger partial charge in [-0.2, -0.15) is 0 Å². The van der Waals surface area contributed by atoms with Crippen LogP contribution in [0.5, 0.6) is 0 Å². The molecule has 0 radical (unpaired) electrons. The largest absolute Gasteiger partial charge is 0.385 e. The third-order valence-corrected chi connectivity index (χ3v) is 5.06. The second kappa shape index (κ2) is 16.0. The molecule has 2 aromatic rings. The highest BCUT2D eigenvalue weighted by Gasteiger charge is 2.10. The van der Waals surface area contributed by atoms with Crippen LogP contribution in [0.1, 0.15) is 46.4 Å². The summed E-state index contributed by atoms with van der Waals surface area (Å²) >= 11 is 0. The Bertz CT molecular complexity index is 911. The topological polar surface area (TPSA) is 135 Å². The van der Waals surface area contributed by atoms with Crippen LogP contribution in [0.2, 0.25) is 0 Å². The summed E-state index contributed by atoms with van der Waals surface area (Å²) in [6.45, 7) is 2.18. The maximum Gasteiger partial charge on any atom is 0.251 e. The van der Waals surface area contributed by atoms with Crippen molar-refractivity contribution < 1.29 is 28.7 Å². The van der Waals surface area contributed by atoms with Crippen molar-refractivity contribution in [1.29, 1.82) is 0 Å². The van der Waals surface area contributed by atoms with Crippen LogP contribution in [0.15, 0.2) is 48.5 Å². The molecule has 0 saturated heterocycles. The normalized spacial score (nSPS) is 10.4. The van der Waals surface area contributed by atoms with Crippen LogP contribution >= 0.6 is 0 Å². The van der Waals surface area contributed by atoms with E-state index < -0.39 is 0 Å². The average molecular weight is 499 g/mol. The first-order valence-electron chi connectivity index (χ1n) is 11.8. The molecule has 0 aromatic heterocycles. The fraction of sp³-hybridized carbons (Fsp3) is 0.385. The minimum absolute atomic E-state index is 0.00443. The fourth-order valence-corrected chi connectivity index (χ4v) is 3.12. The van der Waals surface area contributed by atoms with Crippen molar-refractivity contribution >= 4 is 35.0 Å². The number of methoxy groups -OCH3 is 2. The quantitative estimate of drug-likeness (QED) is 0.279. The van der Waals surface area contributed by atoms with Gasteiger partial charge in [-0.15, -0.1) is 0 Å². The van der Waals surface area contributed by atoms with Crippen LogP contribution < -0.4 is 21.3 Å². The summed E-state index contributed by atoms with van der Waals surface area (Å²) in [7, 11) is 3.21. The predicted molar refractivity (Wildman–Crippen MR) is 137 cm³/mol. The molecule has 0 bridgehead atoms. The van der Waals surface area contributed by atoms with Gasteiger partial charge in [0, 0.05) is 75.9 Å². The molecule has 0 saturated carbocycles. The SMILES string of the molecule is COCCCNC(=O)c1ccc(NC(=O)CCC(=O)Nc2ccc(C(=O)NCCCOC)cc2)cc1. The van der Waals surface area contributed by atoms with Gasteiger partial charge in [0.2, 0.25) is 11.8 Å². The van der Waals surface area contributed by atoms with Gasteiger partial charge in [0.1, 0.15) is 0 Å². The Kier molecular flexibility index (Phi) is 12.7. The van der Waals surface area contributed by atoms with Crippen molar-refractivity contribution in [2.75, 3.05) is 51.2 Å². The van der Waals surface area contributed by atoms with E-state index in [1.54, 1.807) is 62.8 Å². The van der Waals surface area contributed by atoms with Crippen LogP contribution in [0, 0.1) is 0 Å². The van der Waals surface area contributed by atoms with Gasteiger partial charge in [0.05, 0.1) is 0 Å². The molecule has 0 unspecified atom stereocenters. The molecule has 10 heteroatoms. The first kappa shape index (κ1) is 28.5. The number of benzene rings is 2. The molecular weight excluding hydrogens is 464 g/mol. The van der Waals surface area contributed by atoms with Crippen molar-refractivity contribution in [3.05, 3.63) is 59.7 Å². The molecule has 0 aliphatic carbocycles. The Morgan fingerprint density at radius 2 is 0.972 bits per heavy atom. The molecule has 194 valence electrons. The Hall–Kier alpha value is -3.76. The zero-order valence-corrected chi connectivity index (χ0v) is 20.7. The number of ether oxygens (including phenoxy) is 2. The smallest absolute Gasteiger partial charge is 0.251 e. The Morgan fingerprint density at radius 1 is 0.611 bits per heavy atom. The summed E-state index contributed by atoms with van der Waals surface area (Å²) in [6.07, 6.45) is 1.44. The summed E-state index contributed by atoms with van der Waals surface area (Å²) < 4.78 is 9.88. The standard InChI is InChI=1S/C26H34N4O6/c1-35-17-3-15-27-25(33)19-5-9-21(10-6-19)29-23(31)13-14-24(32)30-22-11-7-20(8-12-22)26(34)28-16-4-18-36-2/h5-12H,3-4,13-18H2,1-2H3,(H,27,33)(H,28,34)(H,29,31)(H,30,32). The summed E-state index contributed by atoms with van der Waals surface area (Å²) in [4.78, 5) is 48.6. The van der Waals surface area contributed by atoms with Gasteiger partial charge in [-0.25, -0.2) is 0 Å². The predicted octanol–water partition coefficient (Wildman–Crippen LogP) is 2.58. The lowest BCUT2D eigenvalue weighted by Gasteiger charge is -2.09. The van der Waals surface area contributed by atoms with Gasteiger partial charge in [-0.05, 0) is 61.4 Å². The van der Waals surface area contributed by atoms with Crippen molar-refractivity contribution in [1.82, 2.24) is 10.6 Å². The molecule has 0 atom stereocenters. The minimum atomic E-state index is -0.317. The molecule has 0 heterocycles. The third kappa shape index (κ3) is 10.7. The number of rotatable bonds is 15. The number of hydrogen-bond acceptors (Lipinski definition) is 6.